The number of hydrogen-bond donors (Lipinski definition) is 1. The van der Waals surface area contributed by atoms with Crippen molar-refractivity contribution in [2.75, 3.05) is 5.32 Å². The van der Waals surface area contributed by atoms with E-state index in [4.69, 9.17) is 11.6 Å². The molecule has 82 valence electrons. The molecule has 2 aromatic rings. The molecule has 16 heavy (non-hydrogen) atoms. The highest BCUT2D eigenvalue weighted by Crippen LogP contribution is 2.19. The lowest BCUT2D eigenvalue weighted by Crippen LogP contribution is -2.00. The summed E-state index contributed by atoms with van der Waals surface area (Å²) in [5.41, 5.74) is 2.75. The van der Waals surface area contributed by atoms with E-state index in [0.717, 1.165) is 16.9 Å². The molecule has 0 saturated carbocycles. The Morgan fingerprint density at radius 1 is 1.06 bits per heavy atom. The van der Waals surface area contributed by atoms with E-state index in [0.29, 0.717) is 11.1 Å². The van der Waals surface area contributed by atoms with E-state index in [1.807, 2.05) is 44.2 Å². The monoisotopic (exact) mass is 233 g/mol. The number of benzene rings is 1. The van der Waals surface area contributed by atoms with Gasteiger partial charge < -0.3 is 5.32 Å². The highest BCUT2D eigenvalue weighted by molar-refractivity contribution is 6.30. The summed E-state index contributed by atoms with van der Waals surface area (Å²) in [5.74, 6) is 0.527. The Kier molecular flexibility index (Phi) is 3.06. The van der Waals surface area contributed by atoms with Crippen LogP contribution in [0.1, 0.15) is 11.3 Å². The summed E-state index contributed by atoms with van der Waals surface area (Å²) >= 11 is 5.99. The molecule has 0 radical (unpaired) electrons. The molecule has 0 amide bonds. The molecule has 1 aromatic carbocycles. The topological polar surface area (TPSA) is 37.8 Å². The van der Waals surface area contributed by atoms with Crippen LogP contribution >= 0.6 is 11.6 Å². The maximum Gasteiger partial charge on any atom is 0.228 e. The molecule has 0 aliphatic heterocycles. The lowest BCUT2D eigenvalue weighted by molar-refractivity contribution is 1.07. The summed E-state index contributed by atoms with van der Waals surface area (Å²) in [6.45, 7) is 3.82. The van der Waals surface area contributed by atoms with E-state index in [2.05, 4.69) is 15.3 Å². The summed E-state index contributed by atoms with van der Waals surface area (Å²) < 4.78 is 0. The fourth-order valence-electron chi connectivity index (χ4n) is 1.30. The fraction of sp³-hybridized carbons (Fsp3) is 0.167. The number of rotatable bonds is 2. The van der Waals surface area contributed by atoms with Crippen LogP contribution < -0.4 is 5.32 Å². The summed E-state index contributed by atoms with van der Waals surface area (Å²) in [4.78, 5) is 8.49. The van der Waals surface area contributed by atoms with Crippen LogP contribution in [-0.2, 0) is 0 Å². The summed E-state index contributed by atoms with van der Waals surface area (Å²) in [5, 5.41) is 3.60. The molecular weight excluding hydrogens is 222 g/mol. The minimum Gasteiger partial charge on any atom is -0.324 e. The van der Waals surface area contributed by atoms with E-state index in [1.54, 1.807) is 0 Å². The first kappa shape index (κ1) is 10.9. The predicted molar refractivity (Wildman–Crippen MR) is 66.2 cm³/mol. The van der Waals surface area contributed by atoms with Crippen molar-refractivity contribution in [2.24, 2.45) is 0 Å². The number of para-hydroxylation sites is 1. The van der Waals surface area contributed by atoms with E-state index >= 15 is 0 Å². The zero-order chi connectivity index (χ0) is 11.5. The van der Waals surface area contributed by atoms with Crippen LogP contribution in [0.15, 0.2) is 30.3 Å². The molecule has 0 bridgehead atoms. The third kappa shape index (κ3) is 2.31. The van der Waals surface area contributed by atoms with Crippen molar-refractivity contribution < 1.29 is 0 Å². The second-order valence-electron chi connectivity index (χ2n) is 3.54. The number of aromatic nitrogens is 2. The van der Waals surface area contributed by atoms with Gasteiger partial charge in [-0.15, -0.1) is 0 Å². The van der Waals surface area contributed by atoms with Crippen molar-refractivity contribution in [1.82, 2.24) is 9.97 Å². The van der Waals surface area contributed by atoms with E-state index < -0.39 is 0 Å². The second kappa shape index (κ2) is 4.49. The molecule has 0 aliphatic rings. The van der Waals surface area contributed by atoms with Crippen molar-refractivity contribution in [3.8, 4) is 0 Å². The highest BCUT2D eigenvalue weighted by Gasteiger charge is 2.05. The maximum atomic E-state index is 5.99. The SMILES string of the molecule is Cc1nc(Nc2ccccc2)nc(Cl)c1C. The van der Waals surface area contributed by atoms with Gasteiger partial charge >= 0.3 is 0 Å². The van der Waals surface area contributed by atoms with Crippen LogP contribution in [0.25, 0.3) is 0 Å². The summed E-state index contributed by atoms with van der Waals surface area (Å²) in [6, 6.07) is 9.76. The van der Waals surface area contributed by atoms with Crippen LogP contribution in [0.5, 0.6) is 0 Å². The van der Waals surface area contributed by atoms with Crippen molar-refractivity contribution in [3.63, 3.8) is 0 Å². The van der Waals surface area contributed by atoms with Crippen molar-refractivity contribution in [2.45, 2.75) is 13.8 Å². The van der Waals surface area contributed by atoms with Gasteiger partial charge in [0.05, 0.1) is 0 Å². The Hall–Kier alpha value is -1.61. The minimum atomic E-state index is 0.492. The molecule has 1 aromatic heterocycles. The van der Waals surface area contributed by atoms with Crippen LogP contribution in [0.4, 0.5) is 11.6 Å². The van der Waals surface area contributed by atoms with Crippen LogP contribution in [0, 0.1) is 13.8 Å². The van der Waals surface area contributed by atoms with Gasteiger partial charge in [0.15, 0.2) is 0 Å². The van der Waals surface area contributed by atoms with Gasteiger partial charge in [-0.3, -0.25) is 0 Å². The van der Waals surface area contributed by atoms with Crippen LogP contribution in [-0.4, -0.2) is 9.97 Å². The number of aryl methyl sites for hydroxylation is 1. The molecule has 4 heteroatoms. The highest BCUT2D eigenvalue weighted by atomic mass is 35.5. The third-order valence-electron chi connectivity index (χ3n) is 2.36. The molecule has 0 aliphatic carbocycles. The average Bonchev–Trinajstić information content (AvgIpc) is 2.27. The van der Waals surface area contributed by atoms with Gasteiger partial charge in [0.2, 0.25) is 5.95 Å². The number of nitrogens with zero attached hydrogens (tertiary/aromatic N) is 2. The molecule has 0 atom stereocenters. The van der Waals surface area contributed by atoms with Gasteiger partial charge in [0, 0.05) is 16.9 Å². The molecule has 0 unspecified atom stereocenters. The molecular formula is C12H12ClN3. The minimum absolute atomic E-state index is 0.492. The van der Waals surface area contributed by atoms with Gasteiger partial charge in [0.1, 0.15) is 5.15 Å². The van der Waals surface area contributed by atoms with Crippen molar-refractivity contribution in [1.29, 1.82) is 0 Å². The van der Waals surface area contributed by atoms with Gasteiger partial charge in [0.25, 0.3) is 0 Å². The number of hydrogen-bond acceptors (Lipinski definition) is 3. The lowest BCUT2D eigenvalue weighted by atomic mass is 10.3. The Bertz CT molecular complexity index is 474. The first-order chi connectivity index (χ1) is 7.66. The van der Waals surface area contributed by atoms with Gasteiger partial charge in [-0.05, 0) is 26.0 Å². The molecule has 0 spiro atoms. The molecule has 0 fully saturated rings. The smallest absolute Gasteiger partial charge is 0.228 e. The third-order valence-corrected chi connectivity index (χ3v) is 2.73. The number of nitrogens with one attached hydrogen (secondary N) is 1. The molecule has 3 nitrogen and oxygen atoms in total. The normalized spacial score (nSPS) is 10.2. The Labute approximate surface area is 99.5 Å². The quantitative estimate of drug-likeness (QED) is 0.807. The lowest BCUT2D eigenvalue weighted by Gasteiger charge is -2.07. The molecule has 2 rings (SSSR count). The number of halogens is 1. The van der Waals surface area contributed by atoms with Gasteiger partial charge in [-0.2, -0.15) is 0 Å². The van der Waals surface area contributed by atoms with E-state index in [-0.39, 0.29) is 0 Å². The second-order valence-corrected chi connectivity index (χ2v) is 3.90. The van der Waals surface area contributed by atoms with E-state index in [9.17, 15) is 0 Å². The molecule has 0 saturated heterocycles. The summed E-state index contributed by atoms with van der Waals surface area (Å²) in [7, 11) is 0. The fourth-order valence-corrected chi connectivity index (χ4v) is 1.52. The number of anilines is 2. The average molecular weight is 234 g/mol. The van der Waals surface area contributed by atoms with Crippen LogP contribution in [0.2, 0.25) is 5.15 Å². The molecule has 1 heterocycles. The summed E-state index contributed by atoms with van der Waals surface area (Å²) in [6.07, 6.45) is 0. The van der Waals surface area contributed by atoms with Crippen LogP contribution in [0.3, 0.4) is 0 Å². The first-order valence-corrected chi connectivity index (χ1v) is 5.37. The van der Waals surface area contributed by atoms with Gasteiger partial charge in [-0.25, -0.2) is 9.97 Å². The van der Waals surface area contributed by atoms with Crippen molar-refractivity contribution >= 4 is 23.2 Å². The largest absolute Gasteiger partial charge is 0.324 e. The predicted octanol–water partition coefficient (Wildman–Crippen LogP) is 3.49. The molecule has 1 N–H and O–H groups in total. The Balaban J connectivity index is 2.29. The zero-order valence-corrected chi connectivity index (χ0v) is 9.92. The first-order valence-electron chi connectivity index (χ1n) is 4.99. The maximum absolute atomic E-state index is 5.99. The Morgan fingerprint density at radius 2 is 1.75 bits per heavy atom. The van der Waals surface area contributed by atoms with Crippen molar-refractivity contribution in [3.05, 3.63) is 46.7 Å². The standard InChI is InChI=1S/C12H12ClN3/c1-8-9(2)14-12(16-11(8)13)15-10-6-4-3-5-7-10/h3-7H,1-2H3,(H,14,15,16). The Morgan fingerprint density at radius 3 is 2.38 bits per heavy atom. The zero-order valence-electron chi connectivity index (χ0n) is 9.16. The van der Waals surface area contributed by atoms with E-state index in [1.165, 1.54) is 0 Å². The van der Waals surface area contributed by atoms with Gasteiger partial charge in [-0.1, -0.05) is 29.8 Å².